The maximum Gasteiger partial charge on any atom is 0.315 e. The Balaban J connectivity index is 1.38. The summed E-state index contributed by atoms with van der Waals surface area (Å²) in [5.41, 5.74) is 0. The van der Waals surface area contributed by atoms with Gasteiger partial charge in [-0.1, -0.05) is 19.3 Å². The van der Waals surface area contributed by atoms with E-state index in [1.807, 2.05) is 0 Å². The number of hydrogen-bond donors (Lipinski definition) is 2. The topological polar surface area (TPSA) is 47.6 Å². The second-order valence-electron chi connectivity index (χ2n) is 6.18. The first-order chi connectivity index (χ1) is 9.31. The normalized spacial score (nSPS) is 35.1. The lowest BCUT2D eigenvalue weighted by Gasteiger charge is -2.47. The Morgan fingerprint density at radius 1 is 1.05 bits per heavy atom. The van der Waals surface area contributed by atoms with Crippen LogP contribution < -0.4 is 10.6 Å². The maximum atomic E-state index is 11.9. The molecule has 0 aromatic carbocycles. The minimum atomic E-state index is 0.0320. The molecule has 2 bridgehead atoms. The van der Waals surface area contributed by atoms with Crippen molar-refractivity contribution < 1.29 is 4.79 Å². The molecule has 1 unspecified atom stereocenters. The van der Waals surface area contributed by atoms with Crippen LogP contribution in [0.5, 0.6) is 0 Å². The van der Waals surface area contributed by atoms with Gasteiger partial charge in [0, 0.05) is 51.4 Å². The smallest absolute Gasteiger partial charge is 0.315 e. The molecule has 3 aliphatic heterocycles. The molecule has 4 rings (SSSR count). The minimum Gasteiger partial charge on any atom is -0.337 e. The van der Waals surface area contributed by atoms with Crippen LogP contribution in [0.2, 0.25) is 0 Å². The SMILES string of the molecule is O=C(NCC1CN2CCN1CC2)NC1CCCCC1. The third-order valence-electron chi connectivity index (χ3n) is 4.83. The van der Waals surface area contributed by atoms with Gasteiger partial charge < -0.3 is 10.6 Å². The zero-order chi connectivity index (χ0) is 13.1. The van der Waals surface area contributed by atoms with E-state index in [0.717, 1.165) is 39.0 Å². The van der Waals surface area contributed by atoms with Crippen molar-refractivity contribution in [2.24, 2.45) is 0 Å². The maximum absolute atomic E-state index is 11.9. The van der Waals surface area contributed by atoms with Crippen LogP contribution >= 0.6 is 0 Å². The first-order valence-electron chi connectivity index (χ1n) is 7.82. The predicted molar refractivity (Wildman–Crippen MR) is 75.2 cm³/mol. The van der Waals surface area contributed by atoms with Crippen LogP contribution in [-0.4, -0.2) is 67.2 Å². The molecule has 1 saturated carbocycles. The number of rotatable bonds is 3. The summed E-state index contributed by atoms with van der Waals surface area (Å²) in [4.78, 5) is 16.9. The molecule has 4 fully saturated rings. The molecule has 3 heterocycles. The monoisotopic (exact) mass is 266 g/mol. The molecule has 0 spiro atoms. The number of hydrogen-bond acceptors (Lipinski definition) is 3. The van der Waals surface area contributed by atoms with Crippen LogP contribution in [0.3, 0.4) is 0 Å². The van der Waals surface area contributed by atoms with Crippen molar-refractivity contribution in [1.29, 1.82) is 0 Å². The number of fused-ring (bicyclic) bond motifs is 3. The molecule has 5 heteroatoms. The van der Waals surface area contributed by atoms with Crippen LogP contribution in [0.25, 0.3) is 0 Å². The summed E-state index contributed by atoms with van der Waals surface area (Å²) in [6.07, 6.45) is 6.15. The molecular weight excluding hydrogens is 240 g/mol. The van der Waals surface area contributed by atoms with Crippen molar-refractivity contribution in [3.05, 3.63) is 0 Å². The van der Waals surface area contributed by atoms with E-state index in [2.05, 4.69) is 20.4 Å². The molecule has 5 nitrogen and oxygen atoms in total. The average molecular weight is 266 g/mol. The van der Waals surface area contributed by atoms with E-state index in [-0.39, 0.29) is 6.03 Å². The minimum absolute atomic E-state index is 0.0320. The van der Waals surface area contributed by atoms with E-state index < -0.39 is 0 Å². The Hall–Kier alpha value is -0.810. The lowest BCUT2D eigenvalue weighted by molar-refractivity contribution is 0.0147. The van der Waals surface area contributed by atoms with E-state index in [1.54, 1.807) is 0 Å². The quantitative estimate of drug-likeness (QED) is 0.787. The molecule has 2 amide bonds. The Labute approximate surface area is 115 Å². The van der Waals surface area contributed by atoms with Crippen LogP contribution in [-0.2, 0) is 0 Å². The van der Waals surface area contributed by atoms with Crippen LogP contribution in [0.1, 0.15) is 32.1 Å². The lowest BCUT2D eigenvalue weighted by Crippen LogP contribution is -2.64. The first kappa shape index (κ1) is 13.2. The van der Waals surface area contributed by atoms with E-state index in [9.17, 15) is 4.79 Å². The molecule has 2 N–H and O–H groups in total. The van der Waals surface area contributed by atoms with Gasteiger partial charge in [-0.3, -0.25) is 9.80 Å². The fraction of sp³-hybridized carbons (Fsp3) is 0.929. The highest BCUT2D eigenvalue weighted by molar-refractivity contribution is 5.74. The molecule has 0 aromatic heterocycles. The summed E-state index contributed by atoms with van der Waals surface area (Å²) in [5.74, 6) is 0. The molecule has 1 atom stereocenters. The molecule has 3 saturated heterocycles. The van der Waals surface area contributed by atoms with Gasteiger partial charge in [-0.25, -0.2) is 4.79 Å². The highest BCUT2D eigenvalue weighted by atomic mass is 16.2. The van der Waals surface area contributed by atoms with Gasteiger partial charge >= 0.3 is 6.03 Å². The van der Waals surface area contributed by atoms with Gasteiger partial charge in [0.2, 0.25) is 0 Å². The van der Waals surface area contributed by atoms with Crippen LogP contribution in [0.15, 0.2) is 0 Å². The van der Waals surface area contributed by atoms with Gasteiger partial charge in [-0.2, -0.15) is 0 Å². The fourth-order valence-electron chi connectivity index (χ4n) is 3.61. The largest absolute Gasteiger partial charge is 0.337 e. The summed E-state index contributed by atoms with van der Waals surface area (Å²) in [5, 5.41) is 6.19. The number of carbonyl (C=O) groups excluding carboxylic acids is 1. The second kappa shape index (κ2) is 6.09. The first-order valence-corrected chi connectivity index (χ1v) is 7.82. The van der Waals surface area contributed by atoms with E-state index in [1.165, 1.54) is 32.4 Å². The number of piperazine rings is 3. The van der Waals surface area contributed by atoms with Gasteiger partial charge in [0.25, 0.3) is 0 Å². The standard InChI is InChI=1S/C14H26N4O/c19-14(16-12-4-2-1-3-5-12)15-10-13-11-17-6-8-18(13)9-7-17/h12-13H,1-11H2,(H2,15,16,19). The Morgan fingerprint density at radius 3 is 2.42 bits per heavy atom. The fourth-order valence-corrected chi connectivity index (χ4v) is 3.61. The Kier molecular flexibility index (Phi) is 4.23. The summed E-state index contributed by atoms with van der Waals surface area (Å²) in [6, 6.07) is 0.949. The molecule has 4 aliphatic rings. The van der Waals surface area contributed by atoms with Crippen molar-refractivity contribution in [2.75, 3.05) is 39.3 Å². The number of urea groups is 1. The Morgan fingerprint density at radius 2 is 1.79 bits per heavy atom. The van der Waals surface area contributed by atoms with Crippen molar-refractivity contribution >= 4 is 6.03 Å². The van der Waals surface area contributed by atoms with Gasteiger partial charge in [-0.15, -0.1) is 0 Å². The van der Waals surface area contributed by atoms with E-state index in [0.29, 0.717) is 12.1 Å². The highest BCUT2D eigenvalue weighted by Crippen LogP contribution is 2.17. The molecule has 19 heavy (non-hydrogen) atoms. The number of carbonyl (C=O) groups is 1. The zero-order valence-electron chi connectivity index (χ0n) is 11.7. The molecule has 1 aliphatic carbocycles. The summed E-state index contributed by atoms with van der Waals surface area (Å²) < 4.78 is 0. The van der Waals surface area contributed by atoms with E-state index in [4.69, 9.17) is 0 Å². The van der Waals surface area contributed by atoms with Crippen molar-refractivity contribution in [3.8, 4) is 0 Å². The van der Waals surface area contributed by atoms with Crippen molar-refractivity contribution in [3.63, 3.8) is 0 Å². The molecule has 108 valence electrons. The second-order valence-corrected chi connectivity index (χ2v) is 6.18. The number of nitrogens with zero attached hydrogens (tertiary/aromatic N) is 2. The lowest BCUT2D eigenvalue weighted by atomic mass is 9.96. The van der Waals surface area contributed by atoms with Gasteiger partial charge in [0.15, 0.2) is 0 Å². The van der Waals surface area contributed by atoms with E-state index >= 15 is 0 Å². The predicted octanol–water partition coefficient (Wildman–Crippen LogP) is 0.618. The van der Waals surface area contributed by atoms with Gasteiger partial charge in [-0.05, 0) is 12.8 Å². The Bertz CT molecular complexity index is 309. The molecular formula is C14H26N4O. The summed E-state index contributed by atoms with van der Waals surface area (Å²) >= 11 is 0. The number of nitrogens with one attached hydrogen (secondary N) is 2. The summed E-state index contributed by atoms with van der Waals surface area (Å²) in [6.45, 7) is 6.63. The third-order valence-corrected chi connectivity index (χ3v) is 4.83. The zero-order valence-corrected chi connectivity index (χ0v) is 11.7. The van der Waals surface area contributed by atoms with Gasteiger partial charge in [0.1, 0.15) is 0 Å². The van der Waals surface area contributed by atoms with Crippen molar-refractivity contribution in [1.82, 2.24) is 20.4 Å². The van der Waals surface area contributed by atoms with Gasteiger partial charge in [0.05, 0.1) is 0 Å². The molecule has 0 aromatic rings. The van der Waals surface area contributed by atoms with Crippen LogP contribution in [0.4, 0.5) is 4.79 Å². The highest BCUT2D eigenvalue weighted by Gasteiger charge is 2.31. The summed E-state index contributed by atoms with van der Waals surface area (Å²) in [7, 11) is 0. The van der Waals surface area contributed by atoms with Crippen LogP contribution in [0, 0.1) is 0 Å². The van der Waals surface area contributed by atoms with Crippen molar-refractivity contribution in [2.45, 2.75) is 44.2 Å². The number of amides is 2. The molecule has 0 radical (unpaired) electrons. The average Bonchev–Trinajstić information content (AvgIpc) is 2.47. The third kappa shape index (κ3) is 3.39.